The number of aryl methyl sites for hydroxylation is 2. The van der Waals surface area contributed by atoms with Gasteiger partial charge in [0.1, 0.15) is 0 Å². The van der Waals surface area contributed by atoms with Crippen molar-refractivity contribution in [3.05, 3.63) is 52.0 Å². The zero-order valence-electron chi connectivity index (χ0n) is 15.9. The summed E-state index contributed by atoms with van der Waals surface area (Å²) in [7, 11) is 1.39. The number of rotatable bonds is 6. The number of amides is 2. The Morgan fingerprint density at radius 1 is 1.18 bits per heavy atom. The van der Waals surface area contributed by atoms with Gasteiger partial charge in [0.15, 0.2) is 11.5 Å². The standard InChI is InChI=1S/C20H22ClN3O4/c1-4-13-7-6-8-14(5-2)17(13)23-19(26)20(27)24-22-11-12-9-15(21)18(25)16(10-12)28-3/h6-11,25H,4-5H2,1-3H3,(H,23,26)(H,24,27)/b22-11+. The largest absolute Gasteiger partial charge is 0.503 e. The zero-order chi connectivity index (χ0) is 20.7. The highest BCUT2D eigenvalue weighted by Crippen LogP contribution is 2.34. The topological polar surface area (TPSA) is 100 Å². The van der Waals surface area contributed by atoms with Crippen molar-refractivity contribution in [1.29, 1.82) is 0 Å². The van der Waals surface area contributed by atoms with Crippen molar-refractivity contribution in [1.82, 2.24) is 5.43 Å². The average molecular weight is 404 g/mol. The molecule has 2 aromatic carbocycles. The molecule has 0 fully saturated rings. The second-order valence-corrected chi connectivity index (χ2v) is 6.27. The summed E-state index contributed by atoms with van der Waals surface area (Å²) in [5.74, 6) is -1.73. The third-order valence-corrected chi connectivity index (χ3v) is 4.38. The van der Waals surface area contributed by atoms with Crippen molar-refractivity contribution in [2.24, 2.45) is 5.10 Å². The third-order valence-electron chi connectivity index (χ3n) is 4.09. The fourth-order valence-electron chi connectivity index (χ4n) is 2.61. The number of phenols is 1. The maximum atomic E-state index is 12.2. The predicted molar refractivity (Wildman–Crippen MR) is 109 cm³/mol. The van der Waals surface area contributed by atoms with E-state index in [0.29, 0.717) is 11.3 Å². The van der Waals surface area contributed by atoms with Crippen molar-refractivity contribution >= 4 is 35.3 Å². The van der Waals surface area contributed by atoms with Crippen LogP contribution in [0.2, 0.25) is 5.02 Å². The Morgan fingerprint density at radius 3 is 2.39 bits per heavy atom. The lowest BCUT2D eigenvalue weighted by Gasteiger charge is -2.13. The monoisotopic (exact) mass is 403 g/mol. The number of methoxy groups -OCH3 is 1. The summed E-state index contributed by atoms with van der Waals surface area (Å²) in [5.41, 5.74) is 5.21. The number of carbonyl (C=O) groups excluding carboxylic acids is 2. The number of carbonyl (C=O) groups is 2. The van der Waals surface area contributed by atoms with E-state index in [9.17, 15) is 14.7 Å². The number of nitrogens with one attached hydrogen (secondary N) is 2. The summed E-state index contributed by atoms with van der Waals surface area (Å²) < 4.78 is 4.99. The van der Waals surface area contributed by atoms with Gasteiger partial charge in [-0.2, -0.15) is 5.10 Å². The molecule has 0 aliphatic rings. The highest BCUT2D eigenvalue weighted by Gasteiger charge is 2.16. The smallest absolute Gasteiger partial charge is 0.329 e. The summed E-state index contributed by atoms with van der Waals surface area (Å²) in [6.07, 6.45) is 2.75. The molecule has 2 rings (SSSR count). The second-order valence-electron chi connectivity index (χ2n) is 5.87. The zero-order valence-corrected chi connectivity index (χ0v) is 16.6. The molecule has 0 saturated carbocycles. The van der Waals surface area contributed by atoms with Gasteiger partial charge in [0.05, 0.1) is 18.3 Å². The van der Waals surface area contributed by atoms with Crippen molar-refractivity contribution in [2.75, 3.05) is 12.4 Å². The van der Waals surface area contributed by atoms with Gasteiger partial charge in [-0.3, -0.25) is 9.59 Å². The molecule has 2 aromatic rings. The van der Waals surface area contributed by atoms with Crippen LogP contribution >= 0.6 is 11.6 Å². The highest BCUT2D eigenvalue weighted by molar-refractivity contribution is 6.39. The molecule has 0 unspecified atom stereocenters. The van der Waals surface area contributed by atoms with Crippen LogP contribution in [0, 0.1) is 0 Å². The lowest BCUT2D eigenvalue weighted by Crippen LogP contribution is -2.33. The molecule has 0 atom stereocenters. The Kier molecular flexibility index (Phi) is 7.40. The Labute approximate surface area is 168 Å². The van der Waals surface area contributed by atoms with Crippen LogP contribution in [0.15, 0.2) is 35.4 Å². The molecule has 0 aromatic heterocycles. The molecule has 0 aliphatic carbocycles. The minimum Gasteiger partial charge on any atom is -0.503 e. The molecule has 7 nitrogen and oxygen atoms in total. The van der Waals surface area contributed by atoms with Crippen molar-refractivity contribution in [3.63, 3.8) is 0 Å². The Morgan fingerprint density at radius 2 is 1.82 bits per heavy atom. The first-order valence-electron chi connectivity index (χ1n) is 8.72. The number of aromatic hydroxyl groups is 1. The van der Waals surface area contributed by atoms with E-state index in [0.717, 1.165) is 24.0 Å². The predicted octanol–water partition coefficient (Wildman–Crippen LogP) is 3.27. The summed E-state index contributed by atoms with van der Waals surface area (Å²) in [6.45, 7) is 3.96. The SMILES string of the molecule is CCc1cccc(CC)c1NC(=O)C(=O)N/N=C/c1cc(Cl)c(O)c(OC)c1. The maximum absolute atomic E-state index is 12.2. The summed E-state index contributed by atoms with van der Waals surface area (Å²) in [5, 5.41) is 16.2. The van der Waals surface area contributed by atoms with Crippen LogP contribution in [-0.2, 0) is 22.4 Å². The molecule has 28 heavy (non-hydrogen) atoms. The molecule has 0 radical (unpaired) electrons. The highest BCUT2D eigenvalue weighted by atomic mass is 35.5. The lowest BCUT2D eigenvalue weighted by molar-refractivity contribution is -0.136. The number of para-hydroxylation sites is 1. The maximum Gasteiger partial charge on any atom is 0.329 e. The molecule has 0 aliphatic heterocycles. The Bertz CT molecular complexity index is 890. The Hall–Kier alpha value is -3.06. The second kappa shape index (κ2) is 9.75. The number of phenolic OH excluding ortho intramolecular Hbond substituents is 1. The first kappa shape index (κ1) is 21.2. The number of nitrogens with zero attached hydrogens (tertiary/aromatic N) is 1. The molecule has 0 heterocycles. The van der Waals surface area contributed by atoms with Gasteiger partial charge in [0.2, 0.25) is 0 Å². The minimum atomic E-state index is -0.902. The van der Waals surface area contributed by atoms with Gasteiger partial charge in [-0.15, -0.1) is 0 Å². The van der Waals surface area contributed by atoms with Gasteiger partial charge < -0.3 is 15.2 Å². The lowest BCUT2D eigenvalue weighted by atomic mass is 10.0. The van der Waals surface area contributed by atoms with E-state index in [1.54, 1.807) is 0 Å². The van der Waals surface area contributed by atoms with E-state index in [2.05, 4.69) is 15.8 Å². The molecular formula is C20H22ClN3O4. The molecular weight excluding hydrogens is 382 g/mol. The first-order chi connectivity index (χ1) is 13.4. The third kappa shape index (κ3) is 5.01. The van der Waals surface area contributed by atoms with Gasteiger partial charge in [-0.05, 0) is 41.7 Å². The average Bonchev–Trinajstić information content (AvgIpc) is 2.70. The number of benzene rings is 2. The van der Waals surface area contributed by atoms with Crippen molar-refractivity contribution in [2.45, 2.75) is 26.7 Å². The van der Waals surface area contributed by atoms with Gasteiger partial charge in [-0.25, -0.2) is 5.43 Å². The van der Waals surface area contributed by atoms with E-state index in [-0.39, 0.29) is 16.5 Å². The molecule has 0 spiro atoms. The Balaban J connectivity index is 2.07. The van der Waals surface area contributed by atoms with Crippen LogP contribution in [-0.4, -0.2) is 30.2 Å². The number of anilines is 1. The van der Waals surface area contributed by atoms with Gasteiger partial charge in [0.25, 0.3) is 0 Å². The number of hydrazone groups is 1. The van der Waals surface area contributed by atoms with E-state index < -0.39 is 11.8 Å². The molecule has 0 saturated heterocycles. The van der Waals surface area contributed by atoms with Crippen LogP contribution in [0.1, 0.15) is 30.5 Å². The van der Waals surface area contributed by atoms with E-state index in [1.165, 1.54) is 25.5 Å². The first-order valence-corrected chi connectivity index (χ1v) is 9.10. The molecule has 3 N–H and O–H groups in total. The number of hydrogen-bond acceptors (Lipinski definition) is 5. The molecule has 0 bridgehead atoms. The number of halogens is 1. The molecule has 2 amide bonds. The normalized spacial score (nSPS) is 10.7. The van der Waals surface area contributed by atoms with E-state index in [1.807, 2.05) is 32.0 Å². The van der Waals surface area contributed by atoms with Crippen LogP contribution < -0.4 is 15.5 Å². The van der Waals surface area contributed by atoms with Crippen LogP contribution in [0.5, 0.6) is 11.5 Å². The fraction of sp³-hybridized carbons (Fsp3) is 0.250. The summed E-state index contributed by atoms with van der Waals surface area (Å²) >= 11 is 5.89. The summed E-state index contributed by atoms with van der Waals surface area (Å²) in [6, 6.07) is 8.68. The quantitative estimate of drug-likeness (QED) is 0.391. The van der Waals surface area contributed by atoms with E-state index >= 15 is 0 Å². The van der Waals surface area contributed by atoms with Crippen molar-refractivity contribution < 1.29 is 19.4 Å². The minimum absolute atomic E-state index is 0.0770. The van der Waals surface area contributed by atoms with Gasteiger partial charge in [0, 0.05) is 5.69 Å². The summed E-state index contributed by atoms with van der Waals surface area (Å²) in [4.78, 5) is 24.3. The van der Waals surface area contributed by atoms with Crippen LogP contribution in [0.4, 0.5) is 5.69 Å². The van der Waals surface area contributed by atoms with Crippen molar-refractivity contribution in [3.8, 4) is 11.5 Å². The van der Waals surface area contributed by atoms with E-state index in [4.69, 9.17) is 16.3 Å². The molecule has 8 heteroatoms. The molecule has 148 valence electrons. The van der Waals surface area contributed by atoms with Crippen LogP contribution in [0.3, 0.4) is 0 Å². The number of ether oxygens (including phenoxy) is 1. The van der Waals surface area contributed by atoms with Gasteiger partial charge >= 0.3 is 11.8 Å². The number of hydrogen-bond donors (Lipinski definition) is 3. The van der Waals surface area contributed by atoms with Crippen LogP contribution in [0.25, 0.3) is 0 Å². The fourth-order valence-corrected chi connectivity index (χ4v) is 2.83. The van der Waals surface area contributed by atoms with Gasteiger partial charge in [-0.1, -0.05) is 43.6 Å².